The molecule has 0 aliphatic carbocycles. The van der Waals surface area contributed by atoms with E-state index < -0.39 is 11.1 Å². The lowest BCUT2D eigenvalue weighted by Gasteiger charge is -2.10. The van der Waals surface area contributed by atoms with E-state index in [2.05, 4.69) is 6.58 Å². The van der Waals surface area contributed by atoms with E-state index in [1.54, 1.807) is 13.0 Å². The van der Waals surface area contributed by atoms with E-state index in [1.165, 1.54) is 0 Å². The number of rotatable bonds is 4. The van der Waals surface area contributed by atoms with Gasteiger partial charge in [-0.3, -0.25) is 0 Å². The Morgan fingerprint density at radius 2 is 2.33 bits per heavy atom. The summed E-state index contributed by atoms with van der Waals surface area (Å²) in [5.74, 6) is -0.0224. The Morgan fingerprint density at radius 3 is 2.58 bits per heavy atom. The highest BCUT2D eigenvalue weighted by atomic mass is 35.5. The average Bonchev–Trinajstić information content (AvgIpc) is 1.85. The van der Waals surface area contributed by atoms with Crippen molar-refractivity contribution in [3.05, 3.63) is 22.6 Å². The van der Waals surface area contributed by atoms with Gasteiger partial charge in [0.2, 0.25) is 0 Å². The smallest absolute Gasteiger partial charge is 0.182 e. The van der Waals surface area contributed by atoms with E-state index in [0.29, 0.717) is 16.4 Å². The van der Waals surface area contributed by atoms with Gasteiger partial charge in [-0.25, -0.2) is 4.21 Å². The van der Waals surface area contributed by atoms with E-state index in [9.17, 15) is 4.21 Å². The molecule has 0 radical (unpaired) electrons. The minimum Gasteiger partial charge on any atom is -0.302 e. The topological polar surface area (TPSA) is 37.3 Å². The van der Waals surface area contributed by atoms with Crippen molar-refractivity contribution in [3.63, 3.8) is 0 Å². The van der Waals surface area contributed by atoms with E-state index >= 15 is 0 Å². The van der Waals surface area contributed by atoms with Crippen LogP contribution in [-0.2, 0) is 11.1 Å². The van der Waals surface area contributed by atoms with Crippen LogP contribution in [0.2, 0.25) is 0 Å². The van der Waals surface area contributed by atoms with Crippen molar-refractivity contribution in [1.82, 2.24) is 0 Å². The molecule has 1 unspecified atom stereocenters. The summed E-state index contributed by atoms with van der Waals surface area (Å²) in [6, 6.07) is 0. The fourth-order valence-corrected chi connectivity index (χ4v) is 1.85. The maximum Gasteiger partial charge on any atom is 0.182 e. The number of hydrogen-bond donors (Lipinski definition) is 1. The maximum absolute atomic E-state index is 10.7. The van der Waals surface area contributed by atoms with Gasteiger partial charge in [-0.2, -0.15) is 0 Å². The Hall–Kier alpha value is -0.120. The fourth-order valence-electron chi connectivity index (χ4n) is 0.990. The third-order valence-electron chi connectivity index (χ3n) is 1.50. The molecule has 0 heterocycles. The highest BCUT2D eigenvalue weighted by Crippen LogP contribution is 2.22. The summed E-state index contributed by atoms with van der Waals surface area (Å²) < 4.78 is 19.6. The first-order valence-corrected chi connectivity index (χ1v) is 5.07. The third-order valence-corrected chi connectivity index (χ3v) is 2.70. The van der Waals surface area contributed by atoms with Crippen molar-refractivity contribution in [2.45, 2.75) is 20.3 Å². The molecular formula is C8H13ClO2S. The first-order valence-electron chi connectivity index (χ1n) is 3.59. The van der Waals surface area contributed by atoms with Crippen LogP contribution >= 0.6 is 11.6 Å². The molecule has 0 aromatic rings. The van der Waals surface area contributed by atoms with Gasteiger partial charge in [-0.05, 0) is 19.3 Å². The van der Waals surface area contributed by atoms with Gasteiger partial charge in [0.25, 0.3) is 0 Å². The Bertz CT molecular complexity index is 223. The molecule has 0 aliphatic rings. The monoisotopic (exact) mass is 208 g/mol. The van der Waals surface area contributed by atoms with Crippen LogP contribution in [0, 0.1) is 5.92 Å². The minimum absolute atomic E-state index is 0.0224. The Morgan fingerprint density at radius 1 is 1.83 bits per heavy atom. The standard InChI is InChI=1S/C8H13ClO2S/c1-4-8(12(10)11)6(2)5-7(3)9/h4,6H,3,5H2,1-2H3,(H,10,11)/b8-4+. The third kappa shape index (κ3) is 4.04. The largest absolute Gasteiger partial charge is 0.302 e. The molecule has 0 aliphatic heterocycles. The second-order valence-electron chi connectivity index (χ2n) is 2.56. The van der Waals surface area contributed by atoms with E-state index in [0.717, 1.165) is 0 Å². The molecule has 12 heavy (non-hydrogen) atoms. The van der Waals surface area contributed by atoms with Crippen molar-refractivity contribution >= 4 is 22.7 Å². The summed E-state index contributed by atoms with van der Waals surface area (Å²) in [5, 5.41) is 0.507. The molecule has 0 spiro atoms. The number of hydrogen-bond acceptors (Lipinski definition) is 1. The SMILES string of the molecule is C=C(Cl)CC(C)/C(=C\C)[S@](=O)O. The lowest BCUT2D eigenvalue weighted by molar-refractivity contribution is 0.560. The highest BCUT2D eigenvalue weighted by Gasteiger charge is 2.13. The summed E-state index contributed by atoms with van der Waals surface area (Å²) in [7, 11) is 0. The molecule has 0 aromatic carbocycles. The number of halogens is 1. The Balaban J connectivity index is 4.34. The zero-order valence-corrected chi connectivity index (χ0v) is 8.78. The molecule has 4 heteroatoms. The molecule has 2 atom stereocenters. The van der Waals surface area contributed by atoms with Crippen LogP contribution < -0.4 is 0 Å². The van der Waals surface area contributed by atoms with E-state index in [1.807, 2.05) is 6.92 Å². The first kappa shape index (κ1) is 11.9. The molecule has 0 bridgehead atoms. The van der Waals surface area contributed by atoms with Gasteiger partial charge >= 0.3 is 0 Å². The zero-order valence-electron chi connectivity index (χ0n) is 7.21. The van der Waals surface area contributed by atoms with Crippen molar-refractivity contribution < 1.29 is 8.76 Å². The number of allylic oxidation sites excluding steroid dienone is 3. The molecule has 2 nitrogen and oxygen atoms in total. The van der Waals surface area contributed by atoms with Crippen molar-refractivity contribution in [2.75, 3.05) is 0 Å². The van der Waals surface area contributed by atoms with Gasteiger partial charge in [-0.1, -0.05) is 31.2 Å². The summed E-state index contributed by atoms with van der Waals surface area (Å²) in [4.78, 5) is 0.497. The van der Waals surface area contributed by atoms with Crippen LogP contribution in [0.5, 0.6) is 0 Å². The van der Waals surface area contributed by atoms with Crippen LogP contribution in [-0.4, -0.2) is 8.76 Å². The Kier molecular flexibility index (Phi) is 5.46. The molecule has 0 amide bonds. The molecule has 70 valence electrons. The second-order valence-corrected chi connectivity index (χ2v) is 4.07. The quantitative estimate of drug-likeness (QED) is 0.722. The van der Waals surface area contributed by atoms with Crippen LogP contribution in [0.25, 0.3) is 0 Å². The molecule has 0 rings (SSSR count). The van der Waals surface area contributed by atoms with Crippen LogP contribution in [0.15, 0.2) is 22.6 Å². The predicted molar refractivity (Wildman–Crippen MR) is 53.3 cm³/mol. The summed E-state index contributed by atoms with van der Waals surface area (Å²) >= 11 is 3.69. The van der Waals surface area contributed by atoms with Gasteiger partial charge in [0.1, 0.15) is 0 Å². The summed E-state index contributed by atoms with van der Waals surface area (Å²) in [6.07, 6.45) is 2.17. The van der Waals surface area contributed by atoms with Crippen LogP contribution in [0.3, 0.4) is 0 Å². The lowest BCUT2D eigenvalue weighted by Crippen LogP contribution is -2.04. The molecule has 0 fully saturated rings. The second kappa shape index (κ2) is 5.51. The summed E-state index contributed by atoms with van der Waals surface area (Å²) in [6.45, 7) is 7.11. The van der Waals surface area contributed by atoms with Crippen LogP contribution in [0.4, 0.5) is 0 Å². The van der Waals surface area contributed by atoms with Gasteiger partial charge < -0.3 is 4.55 Å². The van der Waals surface area contributed by atoms with Gasteiger partial charge in [0.15, 0.2) is 11.1 Å². The lowest BCUT2D eigenvalue weighted by atomic mass is 10.1. The molecule has 0 saturated carbocycles. The van der Waals surface area contributed by atoms with Crippen molar-refractivity contribution in [1.29, 1.82) is 0 Å². The van der Waals surface area contributed by atoms with Gasteiger partial charge in [0.05, 0.1) is 0 Å². The molecular weight excluding hydrogens is 196 g/mol. The average molecular weight is 209 g/mol. The first-order chi connectivity index (χ1) is 5.49. The van der Waals surface area contributed by atoms with E-state index in [4.69, 9.17) is 16.2 Å². The van der Waals surface area contributed by atoms with Crippen molar-refractivity contribution in [2.24, 2.45) is 5.92 Å². The van der Waals surface area contributed by atoms with Crippen LogP contribution in [0.1, 0.15) is 20.3 Å². The van der Waals surface area contributed by atoms with Gasteiger partial charge in [0, 0.05) is 9.94 Å². The molecule has 0 aromatic heterocycles. The van der Waals surface area contributed by atoms with Gasteiger partial charge in [-0.15, -0.1) is 0 Å². The highest BCUT2D eigenvalue weighted by molar-refractivity contribution is 7.83. The van der Waals surface area contributed by atoms with E-state index in [-0.39, 0.29) is 5.92 Å². The zero-order chi connectivity index (χ0) is 9.72. The normalized spacial score (nSPS) is 17.2. The summed E-state index contributed by atoms with van der Waals surface area (Å²) in [5.41, 5.74) is 0. The molecule has 1 N–H and O–H groups in total. The fraction of sp³-hybridized carbons (Fsp3) is 0.500. The predicted octanol–water partition coefficient (Wildman–Crippen LogP) is 2.89. The minimum atomic E-state index is -1.89. The van der Waals surface area contributed by atoms with Crippen molar-refractivity contribution in [3.8, 4) is 0 Å². The maximum atomic E-state index is 10.7. The molecule has 0 saturated heterocycles. The Labute approximate surface area is 80.6 Å².